The van der Waals surface area contributed by atoms with Crippen molar-refractivity contribution in [3.63, 3.8) is 0 Å². The van der Waals surface area contributed by atoms with E-state index in [4.69, 9.17) is 10.8 Å². The zero-order chi connectivity index (χ0) is 25.6. The van der Waals surface area contributed by atoms with Crippen LogP contribution in [-0.2, 0) is 0 Å². The van der Waals surface area contributed by atoms with Gasteiger partial charge in [0, 0.05) is 46.2 Å². The highest BCUT2D eigenvalue weighted by atomic mass is 16.1. The fourth-order valence-corrected chi connectivity index (χ4v) is 4.72. The molecule has 36 heavy (non-hydrogen) atoms. The predicted octanol–water partition coefficient (Wildman–Crippen LogP) is 4.80. The van der Waals surface area contributed by atoms with Crippen LogP contribution in [0.4, 0.5) is 5.95 Å². The Bertz CT molecular complexity index is 1570. The lowest BCUT2D eigenvalue weighted by Crippen LogP contribution is -2.32. The average molecular weight is 485 g/mol. The molecule has 0 fully saturated rings. The topological polar surface area (TPSA) is 119 Å². The number of amides is 1. The van der Waals surface area contributed by atoms with Crippen LogP contribution in [0.15, 0.2) is 42.9 Å². The van der Waals surface area contributed by atoms with Gasteiger partial charge in [-0.05, 0) is 45.2 Å². The van der Waals surface area contributed by atoms with E-state index in [-0.39, 0.29) is 23.9 Å². The number of nitrogen functional groups attached to an aromatic ring is 1. The molecule has 0 aliphatic heterocycles. The second-order valence-corrected chi connectivity index (χ2v) is 9.44. The Labute approximate surface area is 209 Å². The zero-order valence-corrected chi connectivity index (χ0v) is 21.3. The minimum atomic E-state index is -0.202. The van der Waals surface area contributed by atoms with Gasteiger partial charge in [0.05, 0.1) is 23.3 Å². The molecule has 5 aromatic rings. The number of aryl methyl sites for hydroxylation is 2. The fraction of sp³-hybridized carbons (Fsp3) is 0.333. The summed E-state index contributed by atoms with van der Waals surface area (Å²) in [5, 5.41) is 13.3. The molecular weight excluding hydrogens is 452 g/mol. The third-order valence-corrected chi connectivity index (χ3v) is 7.06. The molecule has 0 saturated carbocycles. The molecule has 4 aromatic heterocycles. The van der Waals surface area contributed by atoms with Crippen LogP contribution >= 0.6 is 0 Å². The predicted molar refractivity (Wildman–Crippen MR) is 142 cm³/mol. The summed E-state index contributed by atoms with van der Waals surface area (Å²) >= 11 is 0. The summed E-state index contributed by atoms with van der Waals surface area (Å²) in [7, 11) is 0. The molecule has 0 saturated heterocycles. The number of nitrogens with two attached hydrogens (primary N) is 1. The minimum Gasteiger partial charge on any atom is -0.366 e. The Balaban J connectivity index is 1.56. The van der Waals surface area contributed by atoms with Crippen molar-refractivity contribution in [2.75, 3.05) is 5.73 Å². The van der Waals surface area contributed by atoms with Gasteiger partial charge in [0.1, 0.15) is 0 Å². The number of para-hydroxylation sites is 1. The van der Waals surface area contributed by atoms with Gasteiger partial charge in [-0.2, -0.15) is 10.1 Å². The number of nitrogens with one attached hydrogen (secondary N) is 2. The average Bonchev–Trinajstić information content (AvgIpc) is 3.56. The Kier molecular flexibility index (Phi) is 5.99. The quantitative estimate of drug-likeness (QED) is 0.307. The number of H-pyrrole nitrogens is 1. The van der Waals surface area contributed by atoms with Gasteiger partial charge in [-0.3, -0.25) is 9.48 Å². The highest BCUT2D eigenvalue weighted by molar-refractivity contribution is 6.01. The number of aromatic amines is 1. The molecule has 0 radical (unpaired) electrons. The molecular formula is C27H32N8O. The number of fused-ring (bicyclic) bond motifs is 2. The maximum absolute atomic E-state index is 13.1. The summed E-state index contributed by atoms with van der Waals surface area (Å²) in [5.41, 5.74) is 13.2. The molecule has 1 amide bonds. The Hall–Kier alpha value is -4.14. The van der Waals surface area contributed by atoms with Crippen LogP contribution in [0.25, 0.3) is 27.7 Å². The summed E-state index contributed by atoms with van der Waals surface area (Å²) in [6, 6.07) is 8.35. The van der Waals surface area contributed by atoms with Crippen LogP contribution in [0, 0.1) is 13.8 Å². The smallest absolute Gasteiger partial charge is 0.255 e. The van der Waals surface area contributed by atoms with Crippen molar-refractivity contribution < 1.29 is 4.79 Å². The van der Waals surface area contributed by atoms with E-state index in [1.165, 1.54) is 22.2 Å². The van der Waals surface area contributed by atoms with Gasteiger partial charge >= 0.3 is 0 Å². The number of pyridine rings is 1. The molecule has 0 bridgehead atoms. The lowest BCUT2D eigenvalue weighted by atomic mass is 10.0. The standard InChI is InChI=1S/C27H32N8O/c1-6-15(3)30-26(36)22-11-18(13-35-25(22)32-27(28)33-35)19-12-29-34(14-19)23(7-2)21-10-8-9-20-16(4)17(5)31-24(20)21/h8-15,23,31H,6-7H2,1-5H3,(H2,28,33)(H,30,36)/t15-,23-/m0/s1. The number of benzene rings is 1. The van der Waals surface area contributed by atoms with E-state index in [2.05, 4.69) is 59.4 Å². The minimum absolute atomic E-state index is 0.0394. The number of aromatic nitrogens is 6. The van der Waals surface area contributed by atoms with Crippen LogP contribution in [0.2, 0.25) is 0 Å². The molecule has 4 heterocycles. The molecule has 9 nitrogen and oxygen atoms in total. The first-order valence-corrected chi connectivity index (χ1v) is 12.4. The summed E-state index contributed by atoms with van der Waals surface area (Å²) in [6.07, 6.45) is 7.38. The summed E-state index contributed by atoms with van der Waals surface area (Å²) in [6.45, 7) is 10.4. The number of carbonyl (C=O) groups is 1. The lowest BCUT2D eigenvalue weighted by molar-refractivity contribution is 0.0940. The van der Waals surface area contributed by atoms with Gasteiger partial charge in [0.2, 0.25) is 5.95 Å². The number of rotatable bonds is 7. The van der Waals surface area contributed by atoms with Crippen molar-refractivity contribution in [3.8, 4) is 11.1 Å². The largest absolute Gasteiger partial charge is 0.366 e. The van der Waals surface area contributed by atoms with Crippen LogP contribution in [0.3, 0.4) is 0 Å². The van der Waals surface area contributed by atoms with E-state index in [0.717, 1.165) is 29.5 Å². The van der Waals surface area contributed by atoms with E-state index in [1.807, 2.05) is 43.2 Å². The Morgan fingerprint density at radius 1 is 1.17 bits per heavy atom. The van der Waals surface area contributed by atoms with E-state index in [0.29, 0.717) is 11.2 Å². The summed E-state index contributed by atoms with van der Waals surface area (Å²) in [5.74, 6) is -0.0808. The molecule has 0 aliphatic rings. The summed E-state index contributed by atoms with van der Waals surface area (Å²) < 4.78 is 3.56. The molecule has 186 valence electrons. The number of hydrogen-bond donors (Lipinski definition) is 3. The van der Waals surface area contributed by atoms with Crippen LogP contribution in [0.1, 0.15) is 66.8 Å². The molecule has 0 aliphatic carbocycles. The van der Waals surface area contributed by atoms with Gasteiger partial charge in [-0.15, -0.1) is 5.10 Å². The highest BCUT2D eigenvalue weighted by Gasteiger charge is 2.21. The zero-order valence-electron chi connectivity index (χ0n) is 21.3. The first-order valence-electron chi connectivity index (χ1n) is 12.4. The monoisotopic (exact) mass is 484 g/mol. The van der Waals surface area contributed by atoms with Crippen molar-refractivity contribution in [2.24, 2.45) is 0 Å². The highest BCUT2D eigenvalue weighted by Crippen LogP contribution is 2.32. The van der Waals surface area contributed by atoms with E-state index in [1.54, 1.807) is 4.52 Å². The van der Waals surface area contributed by atoms with Gasteiger partial charge in [0.15, 0.2) is 5.65 Å². The molecule has 9 heteroatoms. The van der Waals surface area contributed by atoms with Crippen LogP contribution < -0.4 is 11.1 Å². The maximum atomic E-state index is 13.1. The van der Waals surface area contributed by atoms with Gasteiger partial charge < -0.3 is 16.0 Å². The number of hydrogen-bond acceptors (Lipinski definition) is 5. The second kappa shape index (κ2) is 9.14. The molecule has 1 aromatic carbocycles. The van der Waals surface area contributed by atoms with Crippen molar-refractivity contribution in [1.29, 1.82) is 0 Å². The fourth-order valence-electron chi connectivity index (χ4n) is 4.72. The normalized spacial score (nSPS) is 13.4. The van der Waals surface area contributed by atoms with Crippen molar-refractivity contribution in [2.45, 2.75) is 59.5 Å². The van der Waals surface area contributed by atoms with E-state index in [9.17, 15) is 4.79 Å². The Morgan fingerprint density at radius 2 is 1.97 bits per heavy atom. The number of nitrogens with zero attached hydrogens (tertiary/aromatic N) is 5. The second-order valence-electron chi connectivity index (χ2n) is 9.44. The van der Waals surface area contributed by atoms with Gasteiger partial charge in [-0.25, -0.2) is 4.52 Å². The van der Waals surface area contributed by atoms with Gasteiger partial charge in [0.25, 0.3) is 5.91 Å². The SMILES string of the molecule is CC[C@H](C)NC(=O)c1cc(-c2cnn([C@@H](CC)c3cccc4c(C)c(C)[nH]c34)c2)cn2nc(N)nc12. The third kappa shape index (κ3) is 4.00. The first kappa shape index (κ1) is 23.6. The number of anilines is 1. The molecule has 2 atom stereocenters. The maximum Gasteiger partial charge on any atom is 0.255 e. The molecule has 0 unspecified atom stereocenters. The molecule has 4 N–H and O–H groups in total. The lowest BCUT2D eigenvalue weighted by Gasteiger charge is -2.17. The molecule has 5 rings (SSSR count). The third-order valence-electron chi connectivity index (χ3n) is 7.06. The van der Waals surface area contributed by atoms with Crippen molar-refractivity contribution >= 4 is 28.4 Å². The van der Waals surface area contributed by atoms with Crippen LogP contribution in [0.5, 0.6) is 0 Å². The first-order chi connectivity index (χ1) is 17.3. The Morgan fingerprint density at radius 3 is 2.72 bits per heavy atom. The van der Waals surface area contributed by atoms with E-state index < -0.39 is 0 Å². The molecule has 0 spiro atoms. The van der Waals surface area contributed by atoms with Crippen LogP contribution in [-0.4, -0.2) is 41.3 Å². The van der Waals surface area contributed by atoms with E-state index >= 15 is 0 Å². The van der Waals surface area contributed by atoms with Crippen molar-refractivity contribution in [1.82, 2.24) is 34.7 Å². The summed E-state index contributed by atoms with van der Waals surface area (Å²) in [4.78, 5) is 20.9. The van der Waals surface area contributed by atoms with Crippen molar-refractivity contribution in [3.05, 3.63) is 65.2 Å². The van der Waals surface area contributed by atoms with Gasteiger partial charge in [-0.1, -0.05) is 32.0 Å². The number of carbonyl (C=O) groups excluding carboxylic acids is 1.